The maximum Gasteiger partial charge on any atom is 0.234 e. The van der Waals surface area contributed by atoms with Crippen LogP contribution in [0.15, 0.2) is 77.8 Å². The third-order valence-electron chi connectivity index (χ3n) is 4.58. The Labute approximate surface area is 175 Å². The Hall–Kier alpha value is -3.19. The molecule has 0 spiro atoms. The molecule has 0 aliphatic heterocycles. The van der Waals surface area contributed by atoms with Crippen molar-refractivity contribution in [1.29, 1.82) is 0 Å². The summed E-state index contributed by atoms with van der Waals surface area (Å²) in [4.78, 5) is 13.2. The molecule has 3 nitrogen and oxygen atoms in total. The summed E-state index contributed by atoms with van der Waals surface area (Å²) in [5.74, 6) is -2.11. The number of carbonyl (C=O) groups excluding carboxylic acids is 1. The smallest absolute Gasteiger partial charge is 0.234 e. The topological polar surface area (TPSA) is 34.0 Å². The lowest BCUT2D eigenvalue weighted by Gasteiger charge is -2.06. The number of benzene rings is 3. The minimum absolute atomic E-state index is 0.0549. The molecule has 0 fully saturated rings. The van der Waals surface area contributed by atoms with E-state index in [0.717, 1.165) is 33.5 Å². The van der Waals surface area contributed by atoms with E-state index in [4.69, 9.17) is 0 Å². The van der Waals surface area contributed by atoms with Crippen LogP contribution in [0.1, 0.15) is 5.56 Å². The lowest BCUT2D eigenvalue weighted by molar-refractivity contribution is -0.113. The van der Waals surface area contributed by atoms with Gasteiger partial charge in [0.1, 0.15) is 17.5 Å². The first-order valence-electron chi connectivity index (χ1n) is 9.19. The summed E-state index contributed by atoms with van der Waals surface area (Å²) in [5, 5.41) is 3.45. The maximum atomic E-state index is 13.7. The van der Waals surface area contributed by atoms with E-state index in [1.54, 1.807) is 12.1 Å². The first-order valence-corrected chi connectivity index (χ1v) is 10.2. The van der Waals surface area contributed by atoms with Gasteiger partial charge in [-0.05, 0) is 35.9 Å². The highest BCUT2D eigenvalue weighted by atomic mass is 32.2. The second-order valence-corrected chi connectivity index (χ2v) is 7.74. The Balaban J connectivity index is 1.50. The average Bonchev–Trinajstić information content (AvgIpc) is 3.08. The number of hydrogen-bond donors (Lipinski definition) is 1. The van der Waals surface area contributed by atoms with Gasteiger partial charge in [0.05, 0.1) is 11.4 Å². The molecule has 1 aromatic heterocycles. The van der Waals surface area contributed by atoms with Crippen molar-refractivity contribution in [2.75, 3.05) is 11.1 Å². The van der Waals surface area contributed by atoms with E-state index in [2.05, 4.69) is 5.32 Å². The lowest BCUT2D eigenvalue weighted by atomic mass is 10.2. The van der Waals surface area contributed by atoms with E-state index in [1.165, 1.54) is 30.0 Å². The summed E-state index contributed by atoms with van der Waals surface area (Å²) >= 11 is 1.33. The second-order valence-electron chi connectivity index (χ2n) is 6.73. The Bertz CT molecular complexity index is 1210. The molecule has 1 heterocycles. The molecular weight excluding hydrogens is 409 g/mol. The van der Waals surface area contributed by atoms with Gasteiger partial charge in [-0.25, -0.2) is 13.2 Å². The van der Waals surface area contributed by atoms with E-state index < -0.39 is 11.6 Å². The Morgan fingerprint density at radius 1 is 0.933 bits per heavy atom. The Kier molecular flexibility index (Phi) is 5.81. The van der Waals surface area contributed by atoms with Crippen molar-refractivity contribution in [3.8, 4) is 0 Å². The SMILES string of the molecule is O=C(CSc1cn(Cc2ccc(F)cc2)c2ccccc12)Nc1ccc(F)cc1F. The minimum atomic E-state index is -0.816. The highest BCUT2D eigenvalue weighted by Crippen LogP contribution is 2.30. The number of amides is 1. The van der Waals surface area contributed by atoms with Crippen LogP contribution in [0.4, 0.5) is 18.9 Å². The highest BCUT2D eigenvalue weighted by molar-refractivity contribution is 8.00. The number of halogens is 3. The van der Waals surface area contributed by atoms with E-state index in [9.17, 15) is 18.0 Å². The molecule has 1 N–H and O–H groups in total. The van der Waals surface area contributed by atoms with Crippen molar-refractivity contribution < 1.29 is 18.0 Å². The van der Waals surface area contributed by atoms with Gasteiger partial charge < -0.3 is 9.88 Å². The molecule has 1 amide bonds. The second kappa shape index (κ2) is 8.67. The number of nitrogens with one attached hydrogen (secondary N) is 1. The highest BCUT2D eigenvalue weighted by Gasteiger charge is 2.13. The zero-order valence-electron chi connectivity index (χ0n) is 15.7. The monoisotopic (exact) mass is 426 g/mol. The fraction of sp³-hybridized carbons (Fsp3) is 0.0870. The van der Waals surface area contributed by atoms with Gasteiger partial charge in [-0.3, -0.25) is 4.79 Å². The summed E-state index contributed by atoms with van der Waals surface area (Å²) in [6.45, 7) is 0.564. The van der Waals surface area contributed by atoms with Gasteiger partial charge in [-0.15, -0.1) is 11.8 Å². The molecule has 7 heteroatoms. The van der Waals surface area contributed by atoms with Crippen LogP contribution in [0.5, 0.6) is 0 Å². The van der Waals surface area contributed by atoms with Crippen molar-refractivity contribution in [1.82, 2.24) is 4.57 Å². The van der Waals surface area contributed by atoms with Gasteiger partial charge in [-0.1, -0.05) is 30.3 Å². The number of carbonyl (C=O) groups is 1. The fourth-order valence-electron chi connectivity index (χ4n) is 3.17. The standard InChI is InChI=1S/C23H17F3N2OS/c24-16-7-5-15(6-8-16)12-28-13-22(18-3-1-2-4-21(18)28)30-14-23(29)27-20-10-9-17(25)11-19(20)26/h1-11,13H,12,14H2,(H,27,29). The van der Waals surface area contributed by atoms with Crippen molar-refractivity contribution in [3.63, 3.8) is 0 Å². The molecular formula is C23H17F3N2OS. The summed E-state index contributed by atoms with van der Waals surface area (Å²) in [6.07, 6.45) is 1.95. The van der Waals surface area contributed by atoms with Crippen LogP contribution in [0.3, 0.4) is 0 Å². The molecule has 0 atom stereocenters. The zero-order chi connectivity index (χ0) is 21.1. The molecule has 0 aliphatic carbocycles. The summed E-state index contributed by atoms with van der Waals surface area (Å²) < 4.78 is 41.9. The van der Waals surface area contributed by atoms with Gasteiger partial charge >= 0.3 is 0 Å². The van der Waals surface area contributed by atoms with Crippen LogP contribution in [-0.4, -0.2) is 16.2 Å². The van der Waals surface area contributed by atoms with Crippen molar-refractivity contribution >= 4 is 34.3 Å². The molecule has 4 aromatic rings. The van der Waals surface area contributed by atoms with E-state index in [-0.39, 0.29) is 23.2 Å². The lowest BCUT2D eigenvalue weighted by Crippen LogP contribution is -2.15. The molecule has 152 valence electrons. The predicted molar refractivity (Wildman–Crippen MR) is 113 cm³/mol. The average molecular weight is 426 g/mol. The maximum absolute atomic E-state index is 13.7. The number of thioether (sulfide) groups is 1. The largest absolute Gasteiger partial charge is 0.342 e. The van der Waals surface area contributed by atoms with Crippen LogP contribution in [0.25, 0.3) is 10.9 Å². The van der Waals surface area contributed by atoms with Crippen LogP contribution < -0.4 is 5.32 Å². The summed E-state index contributed by atoms with van der Waals surface area (Å²) in [7, 11) is 0. The van der Waals surface area contributed by atoms with E-state index >= 15 is 0 Å². The number of anilines is 1. The first kappa shape index (κ1) is 20.1. The summed E-state index contributed by atoms with van der Waals surface area (Å²) in [5.41, 5.74) is 1.90. The van der Waals surface area contributed by atoms with Gasteiger partial charge in [0, 0.05) is 34.6 Å². The third kappa shape index (κ3) is 4.52. The first-order chi connectivity index (χ1) is 14.5. The van der Waals surface area contributed by atoms with Crippen molar-refractivity contribution in [2.24, 2.45) is 0 Å². The normalized spacial score (nSPS) is 11.0. The van der Waals surface area contributed by atoms with E-state index in [1.807, 2.05) is 35.0 Å². The van der Waals surface area contributed by atoms with Crippen LogP contribution in [0, 0.1) is 17.5 Å². The Morgan fingerprint density at radius 2 is 1.67 bits per heavy atom. The molecule has 30 heavy (non-hydrogen) atoms. The number of fused-ring (bicyclic) bond motifs is 1. The number of nitrogens with zero attached hydrogens (tertiary/aromatic N) is 1. The molecule has 0 saturated heterocycles. The predicted octanol–water partition coefficient (Wildman–Crippen LogP) is 5.84. The third-order valence-corrected chi connectivity index (χ3v) is 5.63. The van der Waals surface area contributed by atoms with Gasteiger partial charge in [0.15, 0.2) is 0 Å². The Morgan fingerprint density at radius 3 is 2.43 bits per heavy atom. The quantitative estimate of drug-likeness (QED) is 0.393. The zero-order valence-corrected chi connectivity index (χ0v) is 16.6. The number of para-hydroxylation sites is 1. The molecule has 0 unspecified atom stereocenters. The number of aromatic nitrogens is 1. The molecule has 0 saturated carbocycles. The molecule has 0 bridgehead atoms. The van der Waals surface area contributed by atoms with Crippen LogP contribution in [-0.2, 0) is 11.3 Å². The van der Waals surface area contributed by atoms with Gasteiger partial charge in [0.2, 0.25) is 5.91 Å². The fourth-order valence-corrected chi connectivity index (χ4v) is 4.05. The number of rotatable bonds is 6. The minimum Gasteiger partial charge on any atom is -0.342 e. The molecule has 4 rings (SSSR count). The molecule has 3 aromatic carbocycles. The van der Waals surface area contributed by atoms with Crippen molar-refractivity contribution in [2.45, 2.75) is 11.4 Å². The molecule has 0 aliphatic rings. The number of hydrogen-bond acceptors (Lipinski definition) is 2. The van der Waals surface area contributed by atoms with Gasteiger partial charge in [-0.2, -0.15) is 0 Å². The summed E-state index contributed by atoms with van der Waals surface area (Å²) in [6, 6.07) is 17.1. The van der Waals surface area contributed by atoms with Crippen LogP contribution >= 0.6 is 11.8 Å². The van der Waals surface area contributed by atoms with Crippen LogP contribution in [0.2, 0.25) is 0 Å². The van der Waals surface area contributed by atoms with Crippen molar-refractivity contribution in [3.05, 3.63) is 95.9 Å². The van der Waals surface area contributed by atoms with Gasteiger partial charge in [0.25, 0.3) is 0 Å². The van der Waals surface area contributed by atoms with E-state index in [0.29, 0.717) is 6.54 Å². The molecule has 0 radical (unpaired) electrons.